The SMILES string of the molecule is C=CCOc1cccc(C(=O)[C@H]2[C@H](C(=O)c3ccc(OC)cc3)N3C=Cc4ccccc4[C@@H]3[C@@]23C(=O)Nc2ccccc23)c1. The molecule has 1 N–H and O–H groups in total. The van der Waals surface area contributed by atoms with Gasteiger partial charge in [0.15, 0.2) is 11.6 Å². The Balaban J connectivity index is 1.49. The second-order valence-corrected chi connectivity index (χ2v) is 11.2. The maximum absolute atomic E-state index is 15.0. The van der Waals surface area contributed by atoms with E-state index in [1.165, 1.54) is 0 Å². The van der Waals surface area contributed by atoms with E-state index in [2.05, 4.69) is 11.9 Å². The van der Waals surface area contributed by atoms with Crippen LogP contribution in [-0.4, -0.2) is 42.1 Å². The number of hydrogen-bond donors (Lipinski definition) is 1. The summed E-state index contributed by atoms with van der Waals surface area (Å²) in [6.07, 6.45) is 5.45. The molecule has 7 rings (SSSR count). The van der Waals surface area contributed by atoms with Gasteiger partial charge in [-0.05, 0) is 65.2 Å². The number of nitrogens with zero attached hydrogens (tertiary/aromatic N) is 1. The first-order valence-electron chi connectivity index (χ1n) is 14.5. The van der Waals surface area contributed by atoms with E-state index < -0.39 is 23.4 Å². The van der Waals surface area contributed by atoms with Gasteiger partial charge in [0.2, 0.25) is 5.91 Å². The van der Waals surface area contributed by atoms with Crippen molar-refractivity contribution in [3.63, 3.8) is 0 Å². The number of benzene rings is 4. The summed E-state index contributed by atoms with van der Waals surface area (Å²) in [5.74, 6) is -0.832. The number of fused-ring (bicyclic) bond motifs is 6. The highest BCUT2D eigenvalue weighted by Crippen LogP contribution is 2.62. The molecule has 7 heteroatoms. The van der Waals surface area contributed by atoms with Gasteiger partial charge < -0.3 is 19.7 Å². The van der Waals surface area contributed by atoms with Crippen molar-refractivity contribution in [2.24, 2.45) is 5.92 Å². The summed E-state index contributed by atoms with van der Waals surface area (Å²) >= 11 is 0. The lowest BCUT2D eigenvalue weighted by Gasteiger charge is -2.38. The molecule has 0 aromatic heterocycles. The number of Topliss-reactive ketones (excluding diaryl/α,β-unsaturated/α-hetero) is 2. The summed E-state index contributed by atoms with van der Waals surface area (Å²) in [6, 6.07) is 27.5. The number of anilines is 1. The Morgan fingerprint density at radius 1 is 0.909 bits per heavy atom. The number of nitrogens with one attached hydrogen (secondary N) is 1. The molecule has 0 bridgehead atoms. The predicted octanol–water partition coefficient (Wildman–Crippen LogP) is 6.24. The number of amides is 1. The van der Waals surface area contributed by atoms with Gasteiger partial charge in [0, 0.05) is 23.0 Å². The number of carbonyl (C=O) groups excluding carboxylic acids is 3. The van der Waals surface area contributed by atoms with Crippen LogP contribution in [0.1, 0.15) is 43.4 Å². The number of carbonyl (C=O) groups is 3. The molecule has 0 aliphatic carbocycles. The average Bonchev–Trinajstić information content (AvgIpc) is 3.55. The minimum Gasteiger partial charge on any atom is -0.497 e. The van der Waals surface area contributed by atoms with Crippen molar-refractivity contribution in [2.45, 2.75) is 17.5 Å². The van der Waals surface area contributed by atoms with E-state index in [0.717, 1.165) is 11.1 Å². The number of rotatable bonds is 8. The Labute approximate surface area is 255 Å². The Bertz CT molecular complexity index is 1840. The van der Waals surface area contributed by atoms with Crippen molar-refractivity contribution in [3.8, 4) is 11.5 Å². The summed E-state index contributed by atoms with van der Waals surface area (Å²) in [7, 11) is 1.57. The zero-order valence-corrected chi connectivity index (χ0v) is 24.1. The van der Waals surface area contributed by atoms with Gasteiger partial charge in [0.1, 0.15) is 29.6 Å². The van der Waals surface area contributed by atoms with Crippen LogP contribution in [0, 0.1) is 5.92 Å². The highest BCUT2D eigenvalue weighted by Gasteiger charge is 2.70. The normalized spacial score (nSPS) is 22.5. The third-order valence-corrected chi connectivity index (χ3v) is 8.98. The minimum absolute atomic E-state index is 0.256. The first-order chi connectivity index (χ1) is 21.5. The van der Waals surface area contributed by atoms with E-state index in [1.807, 2.05) is 65.7 Å². The fraction of sp³-hybridized carbons (Fsp3) is 0.162. The van der Waals surface area contributed by atoms with Crippen LogP contribution in [0.15, 0.2) is 116 Å². The number of ether oxygens (including phenoxy) is 2. The molecule has 0 saturated carbocycles. The molecule has 1 amide bonds. The summed E-state index contributed by atoms with van der Waals surface area (Å²) in [6.45, 7) is 3.98. The van der Waals surface area contributed by atoms with Gasteiger partial charge in [0.05, 0.1) is 19.1 Å². The van der Waals surface area contributed by atoms with Gasteiger partial charge in [-0.1, -0.05) is 67.3 Å². The fourth-order valence-corrected chi connectivity index (χ4v) is 7.17. The molecule has 4 aromatic carbocycles. The van der Waals surface area contributed by atoms with Crippen LogP contribution in [0.2, 0.25) is 0 Å². The van der Waals surface area contributed by atoms with E-state index in [9.17, 15) is 9.59 Å². The van der Waals surface area contributed by atoms with Gasteiger partial charge in [-0.25, -0.2) is 0 Å². The molecule has 0 radical (unpaired) electrons. The van der Waals surface area contributed by atoms with Gasteiger partial charge >= 0.3 is 0 Å². The molecule has 4 atom stereocenters. The smallest absolute Gasteiger partial charge is 0.238 e. The Morgan fingerprint density at radius 2 is 1.68 bits per heavy atom. The first kappa shape index (κ1) is 27.4. The van der Waals surface area contributed by atoms with Crippen LogP contribution < -0.4 is 14.8 Å². The van der Waals surface area contributed by atoms with Crippen molar-refractivity contribution in [1.29, 1.82) is 0 Å². The maximum atomic E-state index is 15.0. The molecule has 3 aliphatic rings. The molecule has 44 heavy (non-hydrogen) atoms. The standard InChI is InChI=1S/C37H30N2O5/c1-3-21-44-27-11-8-10-25(22-27)33(40)31-32(34(41)24-15-17-26(43-2)18-16-24)39-20-19-23-9-4-5-12-28(23)35(39)37(31)29-13-6-7-14-30(29)38-36(37)42/h3-20,22,31-32,35H,1,21H2,2H3,(H,38,42)/t31-,32-,35-,37+/m1/s1. The zero-order chi connectivity index (χ0) is 30.4. The lowest BCUT2D eigenvalue weighted by molar-refractivity contribution is -0.122. The molecule has 3 heterocycles. The van der Waals surface area contributed by atoms with Gasteiger partial charge in [-0.3, -0.25) is 14.4 Å². The van der Waals surface area contributed by atoms with Crippen LogP contribution in [0.5, 0.6) is 11.5 Å². The Hall–Kier alpha value is -5.43. The quantitative estimate of drug-likeness (QED) is 0.196. The van der Waals surface area contributed by atoms with E-state index in [0.29, 0.717) is 33.9 Å². The van der Waals surface area contributed by atoms with Crippen LogP contribution in [0.25, 0.3) is 6.08 Å². The molecule has 7 nitrogen and oxygen atoms in total. The van der Waals surface area contributed by atoms with Crippen molar-refractivity contribution >= 4 is 29.2 Å². The molecular weight excluding hydrogens is 552 g/mol. The monoisotopic (exact) mass is 582 g/mol. The van der Waals surface area contributed by atoms with Crippen molar-refractivity contribution < 1.29 is 23.9 Å². The van der Waals surface area contributed by atoms with Crippen molar-refractivity contribution in [1.82, 2.24) is 4.90 Å². The summed E-state index contributed by atoms with van der Waals surface area (Å²) in [5, 5.41) is 3.08. The number of hydrogen-bond acceptors (Lipinski definition) is 6. The van der Waals surface area contributed by atoms with Crippen LogP contribution in [0.4, 0.5) is 5.69 Å². The molecule has 0 unspecified atom stereocenters. The predicted molar refractivity (Wildman–Crippen MR) is 168 cm³/mol. The summed E-state index contributed by atoms with van der Waals surface area (Å²) in [4.78, 5) is 46.2. The molecule has 218 valence electrons. The van der Waals surface area contributed by atoms with Crippen LogP contribution >= 0.6 is 0 Å². The second-order valence-electron chi connectivity index (χ2n) is 11.2. The van der Waals surface area contributed by atoms with Gasteiger partial charge in [0.25, 0.3) is 0 Å². The highest BCUT2D eigenvalue weighted by atomic mass is 16.5. The zero-order valence-electron chi connectivity index (χ0n) is 24.1. The second kappa shape index (κ2) is 10.7. The van der Waals surface area contributed by atoms with E-state index in [1.54, 1.807) is 61.7 Å². The average molecular weight is 583 g/mol. The number of methoxy groups -OCH3 is 1. The summed E-state index contributed by atoms with van der Waals surface area (Å²) in [5.41, 5.74) is 2.54. The molecule has 3 aliphatic heterocycles. The highest BCUT2D eigenvalue weighted by molar-refractivity contribution is 6.16. The van der Waals surface area contributed by atoms with Gasteiger partial charge in [-0.15, -0.1) is 0 Å². The third kappa shape index (κ3) is 4.00. The van der Waals surface area contributed by atoms with E-state index >= 15 is 4.79 Å². The van der Waals surface area contributed by atoms with E-state index in [-0.39, 0.29) is 24.1 Å². The maximum Gasteiger partial charge on any atom is 0.238 e. The van der Waals surface area contributed by atoms with Crippen molar-refractivity contribution in [3.05, 3.63) is 144 Å². The molecule has 1 fully saturated rings. The third-order valence-electron chi connectivity index (χ3n) is 8.98. The molecule has 1 spiro atoms. The van der Waals surface area contributed by atoms with E-state index in [4.69, 9.17) is 9.47 Å². The lowest BCUT2D eigenvalue weighted by Crippen LogP contribution is -2.49. The van der Waals surface area contributed by atoms with Crippen LogP contribution in [-0.2, 0) is 10.2 Å². The minimum atomic E-state index is -1.40. The van der Waals surface area contributed by atoms with Crippen molar-refractivity contribution in [2.75, 3.05) is 19.0 Å². The summed E-state index contributed by atoms with van der Waals surface area (Å²) < 4.78 is 11.1. The Morgan fingerprint density at radius 3 is 2.48 bits per heavy atom. The number of para-hydroxylation sites is 1. The lowest BCUT2D eigenvalue weighted by atomic mass is 9.62. The molecule has 1 saturated heterocycles. The Kier molecular flexibility index (Phi) is 6.66. The molecule has 4 aromatic rings. The van der Waals surface area contributed by atoms with Gasteiger partial charge in [-0.2, -0.15) is 0 Å². The molecular formula is C37H30N2O5. The topological polar surface area (TPSA) is 84.9 Å². The largest absolute Gasteiger partial charge is 0.497 e. The fourth-order valence-electron chi connectivity index (χ4n) is 7.17. The number of ketones is 2. The van der Waals surface area contributed by atoms with Crippen LogP contribution in [0.3, 0.4) is 0 Å². The first-order valence-corrected chi connectivity index (χ1v) is 14.5.